The Labute approximate surface area is 114 Å². The number of aromatic amines is 1. The van der Waals surface area contributed by atoms with Crippen molar-refractivity contribution < 1.29 is 19.5 Å². The van der Waals surface area contributed by atoms with Gasteiger partial charge < -0.3 is 20.7 Å². The molecule has 4 N–H and O–H groups in total. The van der Waals surface area contributed by atoms with Gasteiger partial charge in [0.25, 0.3) is 5.91 Å². The molecular formula is C13H13N3O4. The van der Waals surface area contributed by atoms with Crippen LogP contribution in [0, 0.1) is 0 Å². The van der Waals surface area contributed by atoms with Crippen LogP contribution in [-0.4, -0.2) is 41.0 Å². The van der Waals surface area contributed by atoms with Crippen molar-refractivity contribution in [2.75, 3.05) is 13.1 Å². The number of fused-ring (bicyclic) bond motifs is 1. The average Bonchev–Trinajstić information content (AvgIpc) is 2.86. The zero-order valence-electron chi connectivity index (χ0n) is 10.5. The molecule has 2 rings (SSSR count). The van der Waals surface area contributed by atoms with Crippen LogP contribution in [0.5, 0.6) is 0 Å². The molecule has 2 amide bonds. The Morgan fingerprint density at radius 3 is 2.50 bits per heavy atom. The third-order valence-electron chi connectivity index (χ3n) is 2.66. The number of carboxylic acid groups (broad SMARTS) is 1. The zero-order chi connectivity index (χ0) is 14.5. The van der Waals surface area contributed by atoms with Crippen LogP contribution in [0.1, 0.15) is 10.5 Å². The minimum absolute atomic E-state index is 0.0527. The lowest BCUT2D eigenvalue weighted by Crippen LogP contribution is -2.37. The highest BCUT2D eigenvalue weighted by molar-refractivity contribution is 6.31. The minimum atomic E-state index is -1.55. The van der Waals surface area contributed by atoms with Gasteiger partial charge in [-0.15, -0.1) is 0 Å². The summed E-state index contributed by atoms with van der Waals surface area (Å²) in [5.74, 6) is -2.96. The van der Waals surface area contributed by atoms with Crippen molar-refractivity contribution in [2.24, 2.45) is 0 Å². The SMILES string of the molecule is O=C(O)C(=O)NCCNC(=O)c1cc2ccccc2[nH]1. The smallest absolute Gasteiger partial charge is 0.394 e. The molecule has 7 nitrogen and oxygen atoms in total. The van der Waals surface area contributed by atoms with Gasteiger partial charge in [-0.05, 0) is 12.1 Å². The summed E-state index contributed by atoms with van der Waals surface area (Å²) in [4.78, 5) is 35.8. The highest BCUT2D eigenvalue weighted by Crippen LogP contribution is 2.14. The van der Waals surface area contributed by atoms with Crippen molar-refractivity contribution in [3.8, 4) is 0 Å². The first-order chi connectivity index (χ1) is 9.58. The maximum absolute atomic E-state index is 11.8. The number of amides is 2. The van der Waals surface area contributed by atoms with Gasteiger partial charge in [-0.2, -0.15) is 0 Å². The molecule has 1 heterocycles. The third-order valence-corrected chi connectivity index (χ3v) is 2.66. The average molecular weight is 275 g/mol. The molecule has 1 aromatic carbocycles. The number of carbonyl (C=O) groups is 3. The summed E-state index contributed by atoms with van der Waals surface area (Å²) in [7, 11) is 0. The summed E-state index contributed by atoms with van der Waals surface area (Å²) in [6, 6.07) is 9.20. The fourth-order valence-corrected chi connectivity index (χ4v) is 1.72. The molecule has 0 atom stereocenters. The topological polar surface area (TPSA) is 111 Å². The number of benzene rings is 1. The Morgan fingerprint density at radius 2 is 1.80 bits per heavy atom. The number of hydrogen-bond acceptors (Lipinski definition) is 3. The van der Waals surface area contributed by atoms with E-state index in [9.17, 15) is 14.4 Å². The fraction of sp³-hybridized carbons (Fsp3) is 0.154. The quantitative estimate of drug-likeness (QED) is 0.468. The molecule has 7 heteroatoms. The van der Waals surface area contributed by atoms with Crippen molar-refractivity contribution in [1.29, 1.82) is 0 Å². The van der Waals surface area contributed by atoms with Gasteiger partial charge >= 0.3 is 11.9 Å². The summed E-state index contributed by atoms with van der Waals surface area (Å²) in [6.07, 6.45) is 0. The van der Waals surface area contributed by atoms with E-state index in [1.165, 1.54) is 0 Å². The van der Waals surface area contributed by atoms with Gasteiger partial charge in [0.1, 0.15) is 5.69 Å². The largest absolute Gasteiger partial charge is 0.474 e. The van der Waals surface area contributed by atoms with E-state index in [2.05, 4.69) is 15.6 Å². The van der Waals surface area contributed by atoms with E-state index < -0.39 is 11.9 Å². The van der Waals surface area contributed by atoms with Crippen LogP contribution in [0.15, 0.2) is 30.3 Å². The molecule has 104 valence electrons. The second-order valence-corrected chi connectivity index (χ2v) is 4.09. The lowest BCUT2D eigenvalue weighted by molar-refractivity contribution is -0.150. The number of carboxylic acids is 1. The van der Waals surface area contributed by atoms with Gasteiger partial charge in [0.05, 0.1) is 0 Å². The Kier molecular flexibility index (Phi) is 3.99. The predicted molar refractivity (Wildman–Crippen MR) is 71.3 cm³/mol. The van der Waals surface area contributed by atoms with Crippen LogP contribution in [0.2, 0.25) is 0 Å². The molecule has 2 aromatic rings. The van der Waals surface area contributed by atoms with Gasteiger partial charge in [0, 0.05) is 24.0 Å². The minimum Gasteiger partial charge on any atom is -0.474 e. The van der Waals surface area contributed by atoms with Gasteiger partial charge in [-0.3, -0.25) is 9.59 Å². The number of hydrogen-bond donors (Lipinski definition) is 4. The van der Waals surface area contributed by atoms with Gasteiger partial charge in [0.2, 0.25) is 0 Å². The predicted octanol–water partition coefficient (Wildman–Crippen LogP) is 0.0985. The van der Waals surface area contributed by atoms with E-state index in [0.717, 1.165) is 10.9 Å². The standard InChI is InChI=1S/C13H13N3O4/c17-11(14-5-6-15-12(18)13(19)20)10-7-8-3-1-2-4-9(8)16-10/h1-4,7,16H,5-6H2,(H,14,17)(H,15,18)(H,19,20). The second-order valence-electron chi connectivity index (χ2n) is 4.09. The summed E-state index contributed by atoms with van der Waals surface area (Å²) < 4.78 is 0. The molecular weight excluding hydrogens is 262 g/mol. The number of aromatic nitrogens is 1. The molecule has 0 spiro atoms. The molecule has 20 heavy (non-hydrogen) atoms. The van der Waals surface area contributed by atoms with Crippen molar-refractivity contribution in [1.82, 2.24) is 15.6 Å². The van der Waals surface area contributed by atoms with E-state index in [1.54, 1.807) is 6.07 Å². The monoisotopic (exact) mass is 275 g/mol. The van der Waals surface area contributed by atoms with Crippen molar-refractivity contribution in [3.63, 3.8) is 0 Å². The normalized spacial score (nSPS) is 10.2. The van der Waals surface area contributed by atoms with Crippen molar-refractivity contribution in [3.05, 3.63) is 36.0 Å². The van der Waals surface area contributed by atoms with Crippen LogP contribution < -0.4 is 10.6 Å². The highest BCUT2D eigenvalue weighted by atomic mass is 16.4. The maximum Gasteiger partial charge on any atom is 0.394 e. The fourth-order valence-electron chi connectivity index (χ4n) is 1.72. The van der Waals surface area contributed by atoms with E-state index >= 15 is 0 Å². The molecule has 0 radical (unpaired) electrons. The van der Waals surface area contributed by atoms with E-state index in [0.29, 0.717) is 5.69 Å². The van der Waals surface area contributed by atoms with Gasteiger partial charge in [0.15, 0.2) is 0 Å². The Hall–Kier alpha value is -2.83. The molecule has 0 bridgehead atoms. The summed E-state index contributed by atoms with van der Waals surface area (Å²) in [6.45, 7) is 0.199. The molecule has 0 aliphatic carbocycles. The first-order valence-corrected chi connectivity index (χ1v) is 5.95. The van der Waals surface area contributed by atoms with Crippen LogP contribution in [0.3, 0.4) is 0 Å². The van der Waals surface area contributed by atoms with Crippen molar-refractivity contribution >= 4 is 28.7 Å². The Bertz CT molecular complexity index is 629. The summed E-state index contributed by atoms with van der Waals surface area (Å²) >= 11 is 0. The number of nitrogens with one attached hydrogen (secondary N) is 3. The van der Waals surface area contributed by atoms with E-state index in [1.807, 2.05) is 24.3 Å². The summed E-state index contributed by atoms with van der Waals surface area (Å²) in [5, 5.41) is 14.0. The van der Waals surface area contributed by atoms with E-state index in [-0.39, 0.29) is 19.0 Å². The molecule has 1 aromatic heterocycles. The van der Waals surface area contributed by atoms with Crippen LogP contribution in [-0.2, 0) is 9.59 Å². The van der Waals surface area contributed by atoms with Gasteiger partial charge in [-0.25, -0.2) is 4.79 Å². The van der Waals surface area contributed by atoms with Gasteiger partial charge in [-0.1, -0.05) is 18.2 Å². The number of rotatable bonds is 4. The van der Waals surface area contributed by atoms with E-state index in [4.69, 9.17) is 5.11 Å². The molecule has 0 unspecified atom stereocenters. The number of H-pyrrole nitrogens is 1. The maximum atomic E-state index is 11.8. The number of aliphatic carboxylic acids is 1. The lowest BCUT2D eigenvalue weighted by atomic mass is 10.2. The third kappa shape index (κ3) is 3.14. The molecule has 0 fully saturated rings. The second kappa shape index (κ2) is 5.87. The van der Waals surface area contributed by atoms with Crippen LogP contribution in [0.25, 0.3) is 10.9 Å². The van der Waals surface area contributed by atoms with Crippen LogP contribution >= 0.6 is 0 Å². The molecule has 0 saturated heterocycles. The molecule has 0 aliphatic heterocycles. The Morgan fingerprint density at radius 1 is 1.10 bits per heavy atom. The molecule has 0 saturated carbocycles. The number of para-hydroxylation sites is 1. The van der Waals surface area contributed by atoms with Crippen LogP contribution in [0.4, 0.5) is 0 Å². The lowest BCUT2D eigenvalue weighted by Gasteiger charge is -2.04. The number of carbonyl (C=O) groups excluding carboxylic acids is 2. The molecule has 0 aliphatic rings. The Balaban J connectivity index is 1.86. The highest BCUT2D eigenvalue weighted by Gasteiger charge is 2.11. The first kappa shape index (κ1) is 13.6. The zero-order valence-corrected chi connectivity index (χ0v) is 10.5. The van der Waals surface area contributed by atoms with Crippen molar-refractivity contribution in [2.45, 2.75) is 0 Å². The summed E-state index contributed by atoms with van der Waals surface area (Å²) in [5.41, 5.74) is 1.27. The first-order valence-electron chi connectivity index (χ1n) is 5.95.